The Morgan fingerprint density at radius 2 is 1.33 bits per heavy atom. The first-order valence-corrected chi connectivity index (χ1v) is 23.3. The van der Waals surface area contributed by atoms with E-state index in [1.807, 2.05) is 13.0 Å². The largest absolute Gasteiger partial charge is 0.393 e. The summed E-state index contributed by atoms with van der Waals surface area (Å²) >= 11 is 1.53. The number of aliphatic hydroxyl groups excluding tert-OH is 4. The summed E-state index contributed by atoms with van der Waals surface area (Å²) in [5, 5.41) is 44.5. The molecule has 0 radical (unpaired) electrons. The van der Waals surface area contributed by atoms with Crippen molar-refractivity contribution >= 4 is 16.9 Å². The van der Waals surface area contributed by atoms with Crippen LogP contribution in [0.1, 0.15) is 138 Å². The van der Waals surface area contributed by atoms with Crippen molar-refractivity contribution in [3.8, 4) is 0 Å². The summed E-state index contributed by atoms with van der Waals surface area (Å²) in [7, 11) is 0. The van der Waals surface area contributed by atoms with Gasteiger partial charge in [0.15, 0.2) is 0 Å². The van der Waals surface area contributed by atoms with E-state index in [1.54, 1.807) is 0 Å². The molecule has 0 saturated heterocycles. The first-order valence-electron chi connectivity index (χ1n) is 22.3. The summed E-state index contributed by atoms with van der Waals surface area (Å²) in [6, 6.07) is 0. The van der Waals surface area contributed by atoms with Crippen molar-refractivity contribution < 1.29 is 25.2 Å². The molecule has 0 bridgehead atoms. The Hall–Kier alpha value is -0.400. The smallest absolute Gasteiger partial charge is 0.212 e. The average molecular weight is 739 g/mol. The number of aliphatic hydroxyl groups is 4. The Kier molecular flexibility index (Phi) is 10.7. The highest BCUT2D eigenvalue weighted by atomic mass is 32.2. The summed E-state index contributed by atoms with van der Waals surface area (Å²) < 4.78 is 0. The van der Waals surface area contributed by atoms with Crippen molar-refractivity contribution in [2.45, 2.75) is 162 Å². The lowest BCUT2D eigenvalue weighted by atomic mass is 9.40. The third-order valence-corrected chi connectivity index (χ3v) is 19.9. The molecule has 1 heterocycles. The molecule has 7 fully saturated rings. The lowest BCUT2D eigenvalue weighted by molar-refractivity contribution is -0.159. The van der Waals surface area contributed by atoms with Gasteiger partial charge < -0.3 is 20.4 Å². The molecule has 52 heavy (non-hydrogen) atoms. The van der Waals surface area contributed by atoms with Gasteiger partial charge in [0.05, 0.1) is 24.4 Å². The molecule has 0 aromatic heterocycles. The van der Waals surface area contributed by atoms with Crippen LogP contribution in [-0.2, 0) is 4.79 Å². The van der Waals surface area contributed by atoms with Crippen LogP contribution in [0.3, 0.4) is 0 Å². The molecule has 8 rings (SSSR count). The van der Waals surface area contributed by atoms with Crippen LogP contribution in [0.2, 0.25) is 0 Å². The summed E-state index contributed by atoms with van der Waals surface area (Å²) in [6.45, 7) is 14.7. The van der Waals surface area contributed by atoms with Crippen LogP contribution in [0.25, 0.3) is 0 Å². The van der Waals surface area contributed by atoms with Gasteiger partial charge in [0.25, 0.3) is 0 Å². The molecule has 294 valence electrons. The zero-order valence-corrected chi connectivity index (χ0v) is 34.3. The van der Waals surface area contributed by atoms with E-state index < -0.39 is 12.2 Å². The van der Waals surface area contributed by atoms with Crippen LogP contribution >= 0.6 is 11.8 Å². The van der Waals surface area contributed by atoms with Gasteiger partial charge in [0.2, 0.25) is 5.12 Å². The van der Waals surface area contributed by atoms with Gasteiger partial charge in [-0.3, -0.25) is 4.79 Å². The van der Waals surface area contributed by atoms with Gasteiger partial charge in [-0.25, -0.2) is 0 Å². The first-order chi connectivity index (χ1) is 24.7. The zero-order chi connectivity index (χ0) is 36.9. The first kappa shape index (κ1) is 38.5. The molecule has 7 saturated carbocycles. The van der Waals surface area contributed by atoms with E-state index in [0.717, 1.165) is 66.9 Å². The van der Waals surface area contributed by atoms with Gasteiger partial charge in [-0.2, -0.15) is 0 Å². The standard InChI is InChI=1S/C46H74O5S/c1-24-13-29(18-37(47)41(24)30-14-25(2)42(38(48)19-30)31-15-27(4)44(51)39(49)20-31)17-28-9-12-46(6)36-16-26(3)43-33(32-21-40(50)52-23-32)7-8-35(43)34(36)10-11-45(46,5)22-28/h21,24-31,33-39,41-44,47-49,51H,7-20,22-23H2,1-6H3/t24-,25-,26+,27-,28+,29-,30?,31?,33+,34?,35+,36?,37-,38-,39-,41?,42?,43+,44+,45+,46+/m0/s1. The number of carbonyl (C=O) groups is 1. The van der Waals surface area contributed by atoms with E-state index >= 15 is 0 Å². The third-order valence-electron chi connectivity index (χ3n) is 19.0. The molecule has 0 aromatic carbocycles. The number of rotatable bonds is 5. The van der Waals surface area contributed by atoms with Crippen molar-refractivity contribution in [1.29, 1.82) is 0 Å². The second-order valence-corrected chi connectivity index (χ2v) is 22.7. The van der Waals surface area contributed by atoms with Gasteiger partial charge in [-0.1, -0.05) is 58.9 Å². The van der Waals surface area contributed by atoms with Crippen LogP contribution in [0.15, 0.2) is 11.6 Å². The van der Waals surface area contributed by atoms with Gasteiger partial charge >= 0.3 is 0 Å². The molecule has 1 aliphatic heterocycles. The number of fused-ring (bicyclic) bond motifs is 5. The molecule has 6 heteroatoms. The lowest BCUT2D eigenvalue weighted by Crippen LogP contribution is -2.57. The second kappa shape index (κ2) is 14.5. The maximum Gasteiger partial charge on any atom is 0.212 e. The van der Waals surface area contributed by atoms with E-state index in [4.69, 9.17) is 0 Å². The average Bonchev–Trinajstić information content (AvgIpc) is 3.71. The fraction of sp³-hybridized carbons (Fsp3) is 0.935. The fourth-order valence-electron chi connectivity index (χ4n) is 16.7. The molecular formula is C46H74O5S. The predicted octanol–water partition coefficient (Wildman–Crippen LogP) is 8.91. The molecule has 21 atom stereocenters. The number of hydrogen-bond donors (Lipinski definition) is 4. The molecule has 0 amide bonds. The van der Waals surface area contributed by atoms with E-state index in [2.05, 4.69) is 34.6 Å². The lowest BCUT2D eigenvalue weighted by Gasteiger charge is -2.65. The van der Waals surface area contributed by atoms with E-state index in [-0.39, 0.29) is 41.0 Å². The van der Waals surface area contributed by atoms with Crippen LogP contribution < -0.4 is 0 Å². The van der Waals surface area contributed by atoms with Crippen molar-refractivity contribution in [1.82, 2.24) is 0 Å². The second-order valence-electron chi connectivity index (χ2n) is 21.7. The highest BCUT2D eigenvalue weighted by Gasteiger charge is 2.62. The minimum atomic E-state index is -0.684. The van der Waals surface area contributed by atoms with Crippen molar-refractivity contribution in [3.63, 3.8) is 0 Å². The monoisotopic (exact) mass is 739 g/mol. The minimum absolute atomic E-state index is 0.0655. The normalized spacial score (nSPS) is 56.8. The number of thioether (sulfide) groups is 1. The SMILES string of the molecule is C[C@@H]1CC2C(CC[C@]3(C)C[C@@H](C[C@@H]4C[C@H](C)C(C5C[C@H](C)C(C6C[C@H](C)[C@@H](O)[C@@H](O)C6)[C@@H](O)C5)[C@@H](O)C4)CC[C@]23C)[C@H]2CC[C@H](C3=CC(=O)SC3)[C@@H]12. The van der Waals surface area contributed by atoms with Crippen molar-refractivity contribution in [2.75, 3.05) is 5.75 Å². The molecule has 8 aliphatic rings. The van der Waals surface area contributed by atoms with Crippen LogP contribution in [0.5, 0.6) is 0 Å². The van der Waals surface area contributed by atoms with Gasteiger partial charge in [0.1, 0.15) is 0 Å². The minimum Gasteiger partial charge on any atom is -0.393 e. The van der Waals surface area contributed by atoms with Crippen LogP contribution in [-0.4, -0.2) is 55.7 Å². The Balaban J connectivity index is 0.872. The fourth-order valence-corrected chi connectivity index (χ4v) is 17.5. The molecule has 6 unspecified atom stereocenters. The van der Waals surface area contributed by atoms with Crippen molar-refractivity contribution in [3.05, 3.63) is 11.6 Å². The van der Waals surface area contributed by atoms with Gasteiger partial charge in [0, 0.05) is 5.75 Å². The topological polar surface area (TPSA) is 98.0 Å². The maximum atomic E-state index is 12.1. The molecule has 7 aliphatic carbocycles. The van der Waals surface area contributed by atoms with E-state index in [0.29, 0.717) is 46.8 Å². The Morgan fingerprint density at radius 3 is 1.98 bits per heavy atom. The van der Waals surface area contributed by atoms with Crippen molar-refractivity contribution in [2.24, 2.45) is 99.6 Å². The quantitative estimate of drug-likeness (QED) is 0.225. The predicted molar refractivity (Wildman–Crippen MR) is 210 cm³/mol. The summed E-state index contributed by atoms with van der Waals surface area (Å²) in [6.07, 6.45) is 17.7. The maximum absolute atomic E-state index is 12.1. The molecule has 5 nitrogen and oxygen atoms in total. The van der Waals surface area contributed by atoms with Gasteiger partial charge in [-0.15, -0.1) is 0 Å². The van der Waals surface area contributed by atoms with E-state index in [9.17, 15) is 25.2 Å². The molecular weight excluding hydrogens is 665 g/mol. The van der Waals surface area contributed by atoms with Crippen LogP contribution in [0, 0.1) is 99.6 Å². The third kappa shape index (κ3) is 6.56. The highest BCUT2D eigenvalue weighted by molar-refractivity contribution is 8.14. The van der Waals surface area contributed by atoms with E-state index in [1.165, 1.54) is 81.5 Å². The van der Waals surface area contributed by atoms with Crippen LogP contribution in [0.4, 0.5) is 0 Å². The summed E-state index contributed by atoms with van der Waals surface area (Å²) in [5.41, 5.74) is 2.31. The zero-order valence-electron chi connectivity index (χ0n) is 33.5. The number of hydrogen-bond acceptors (Lipinski definition) is 6. The highest BCUT2D eigenvalue weighted by Crippen LogP contribution is 2.70. The molecule has 0 aromatic rings. The molecule has 4 N–H and O–H groups in total. The Bertz CT molecular complexity index is 1310. The Labute approximate surface area is 320 Å². The van der Waals surface area contributed by atoms with Gasteiger partial charge in [-0.05, 0) is 202 Å². The summed E-state index contributed by atoms with van der Waals surface area (Å²) in [4.78, 5) is 12.1. The molecule has 0 spiro atoms. The summed E-state index contributed by atoms with van der Waals surface area (Å²) in [5.74, 6) is 9.07. The Morgan fingerprint density at radius 1 is 0.673 bits per heavy atom. The number of carbonyl (C=O) groups excluding carboxylic acids is 1.